The molecule has 0 radical (unpaired) electrons. The molecule has 0 aromatic heterocycles. The summed E-state index contributed by atoms with van der Waals surface area (Å²) in [5.41, 5.74) is 1.05. The Labute approximate surface area is 186 Å². The predicted molar refractivity (Wildman–Crippen MR) is 117 cm³/mol. The molecule has 10 heteroatoms. The Bertz CT molecular complexity index is 1020. The summed E-state index contributed by atoms with van der Waals surface area (Å²) in [6.45, 7) is -0.405. The number of carbonyl (C=O) groups excluding carboxylic acids is 3. The van der Waals surface area contributed by atoms with Gasteiger partial charge in [-0.05, 0) is 59.8 Å². The molecule has 30 heavy (non-hydrogen) atoms. The zero-order chi connectivity index (χ0) is 21.8. The Balaban J connectivity index is 1.71. The fourth-order valence-electron chi connectivity index (χ4n) is 2.66. The Morgan fingerprint density at radius 1 is 1.10 bits per heavy atom. The largest absolute Gasteiger partial charge is 0.497 e. The van der Waals surface area contributed by atoms with Crippen LogP contribution in [0.25, 0.3) is 6.08 Å². The maximum atomic E-state index is 12.6. The number of amides is 3. The molecule has 3 rings (SSSR count). The number of imide groups is 1. The standard InChI is InChI=1S/C20H16Cl2N2O5S/c1-28-13-5-3-12(4-6-13)23-17(25)10-24-19(26)16(30-20(24)27)9-11-7-14(21)18(29-2)15(22)8-11/h3-9H,10H2,1-2H3,(H,23,25)/b16-9+. The van der Waals surface area contributed by atoms with Gasteiger partial charge < -0.3 is 14.8 Å². The average molecular weight is 467 g/mol. The van der Waals surface area contributed by atoms with E-state index in [0.29, 0.717) is 22.7 Å². The van der Waals surface area contributed by atoms with E-state index in [4.69, 9.17) is 32.7 Å². The second-order valence-electron chi connectivity index (χ2n) is 6.06. The van der Waals surface area contributed by atoms with E-state index in [1.54, 1.807) is 36.4 Å². The summed E-state index contributed by atoms with van der Waals surface area (Å²) in [6, 6.07) is 9.81. The van der Waals surface area contributed by atoms with Gasteiger partial charge in [0.05, 0.1) is 29.2 Å². The second kappa shape index (κ2) is 9.42. The van der Waals surface area contributed by atoms with Crippen LogP contribution in [0.15, 0.2) is 41.3 Å². The number of hydrogen-bond donors (Lipinski definition) is 1. The molecule has 1 N–H and O–H groups in total. The topological polar surface area (TPSA) is 84.9 Å². The molecule has 3 amide bonds. The number of methoxy groups -OCH3 is 2. The highest BCUT2D eigenvalue weighted by molar-refractivity contribution is 8.18. The summed E-state index contributed by atoms with van der Waals surface area (Å²) < 4.78 is 10.1. The van der Waals surface area contributed by atoms with Gasteiger partial charge in [0.2, 0.25) is 5.91 Å². The Morgan fingerprint density at radius 2 is 1.73 bits per heavy atom. The van der Waals surface area contributed by atoms with Crippen molar-refractivity contribution in [3.8, 4) is 11.5 Å². The number of rotatable bonds is 6. The number of halogens is 2. The van der Waals surface area contributed by atoms with Gasteiger partial charge in [-0.15, -0.1) is 0 Å². The molecule has 0 unspecified atom stereocenters. The van der Waals surface area contributed by atoms with Crippen molar-refractivity contribution in [3.05, 3.63) is 56.9 Å². The van der Waals surface area contributed by atoms with Gasteiger partial charge in [-0.25, -0.2) is 0 Å². The van der Waals surface area contributed by atoms with E-state index in [1.165, 1.54) is 20.3 Å². The lowest BCUT2D eigenvalue weighted by Gasteiger charge is -2.12. The van der Waals surface area contributed by atoms with Crippen LogP contribution in [0.3, 0.4) is 0 Å². The maximum absolute atomic E-state index is 12.6. The van der Waals surface area contributed by atoms with Crippen LogP contribution in [0.4, 0.5) is 10.5 Å². The third kappa shape index (κ3) is 4.89. The van der Waals surface area contributed by atoms with E-state index in [0.717, 1.165) is 16.7 Å². The zero-order valence-corrected chi connectivity index (χ0v) is 18.2. The van der Waals surface area contributed by atoms with Gasteiger partial charge in [-0.2, -0.15) is 0 Å². The van der Waals surface area contributed by atoms with E-state index < -0.39 is 23.6 Å². The molecule has 2 aromatic carbocycles. The molecule has 1 fully saturated rings. The van der Waals surface area contributed by atoms with Crippen LogP contribution in [0.2, 0.25) is 10.0 Å². The average Bonchev–Trinajstić information content (AvgIpc) is 2.95. The van der Waals surface area contributed by atoms with Crippen molar-refractivity contribution >= 4 is 63.8 Å². The number of hydrogen-bond acceptors (Lipinski definition) is 6. The van der Waals surface area contributed by atoms with Gasteiger partial charge in [0.15, 0.2) is 5.75 Å². The first-order valence-corrected chi connectivity index (χ1v) is 10.1. The molecule has 0 saturated carbocycles. The zero-order valence-electron chi connectivity index (χ0n) is 15.9. The van der Waals surface area contributed by atoms with Crippen LogP contribution in [0.5, 0.6) is 11.5 Å². The van der Waals surface area contributed by atoms with Crippen LogP contribution in [-0.4, -0.2) is 42.7 Å². The lowest BCUT2D eigenvalue weighted by atomic mass is 10.2. The SMILES string of the molecule is COc1ccc(NC(=O)CN2C(=O)S/C(=C/c3cc(Cl)c(OC)c(Cl)c3)C2=O)cc1. The third-order valence-electron chi connectivity index (χ3n) is 4.07. The van der Waals surface area contributed by atoms with Crippen LogP contribution < -0.4 is 14.8 Å². The molecule has 0 bridgehead atoms. The third-order valence-corrected chi connectivity index (χ3v) is 5.54. The van der Waals surface area contributed by atoms with Crippen molar-refractivity contribution in [1.29, 1.82) is 0 Å². The van der Waals surface area contributed by atoms with E-state index in [2.05, 4.69) is 5.32 Å². The summed E-state index contributed by atoms with van der Waals surface area (Å²) in [5.74, 6) is -0.112. The number of thioether (sulfide) groups is 1. The molecule has 156 valence electrons. The van der Waals surface area contributed by atoms with Crippen molar-refractivity contribution in [2.45, 2.75) is 0 Å². The van der Waals surface area contributed by atoms with E-state index in [1.807, 2.05) is 0 Å². The van der Waals surface area contributed by atoms with Crippen molar-refractivity contribution < 1.29 is 23.9 Å². The van der Waals surface area contributed by atoms with Gasteiger partial charge >= 0.3 is 0 Å². The van der Waals surface area contributed by atoms with Crippen molar-refractivity contribution in [2.24, 2.45) is 0 Å². The number of anilines is 1. The van der Waals surface area contributed by atoms with E-state index in [-0.39, 0.29) is 15.0 Å². The monoisotopic (exact) mass is 466 g/mol. The molecule has 1 heterocycles. The van der Waals surface area contributed by atoms with Crippen LogP contribution >= 0.6 is 35.0 Å². The van der Waals surface area contributed by atoms with Gasteiger partial charge in [0, 0.05) is 5.69 Å². The van der Waals surface area contributed by atoms with Gasteiger partial charge in [0.25, 0.3) is 11.1 Å². The molecule has 0 spiro atoms. The summed E-state index contributed by atoms with van der Waals surface area (Å²) in [6.07, 6.45) is 1.49. The number of carbonyl (C=O) groups is 3. The first-order chi connectivity index (χ1) is 14.3. The summed E-state index contributed by atoms with van der Waals surface area (Å²) in [4.78, 5) is 38.2. The Hall–Kier alpha value is -2.68. The molecular formula is C20H16Cl2N2O5S. The fraction of sp³-hybridized carbons (Fsp3) is 0.150. The van der Waals surface area contributed by atoms with Crippen molar-refractivity contribution in [1.82, 2.24) is 4.90 Å². The highest BCUT2D eigenvalue weighted by atomic mass is 35.5. The molecule has 1 saturated heterocycles. The van der Waals surface area contributed by atoms with Crippen molar-refractivity contribution in [2.75, 3.05) is 26.1 Å². The summed E-state index contributed by atoms with van der Waals surface area (Å²) >= 11 is 13.0. The summed E-state index contributed by atoms with van der Waals surface area (Å²) in [7, 11) is 2.98. The van der Waals surface area contributed by atoms with Crippen LogP contribution in [0, 0.1) is 0 Å². The highest BCUT2D eigenvalue weighted by Gasteiger charge is 2.36. The van der Waals surface area contributed by atoms with Crippen LogP contribution in [0.1, 0.15) is 5.56 Å². The molecule has 1 aliphatic heterocycles. The van der Waals surface area contributed by atoms with E-state index in [9.17, 15) is 14.4 Å². The maximum Gasteiger partial charge on any atom is 0.294 e. The second-order valence-corrected chi connectivity index (χ2v) is 7.87. The fourth-order valence-corrected chi connectivity index (χ4v) is 4.16. The number of ether oxygens (including phenoxy) is 2. The van der Waals surface area contributed by atoms with Gasteiger partial charge in [0.1, 0.15) is 12.3 Å². The predicted octanol–water partition coefficient (Wildman–Crippen LogP) is 4.69. The van der Waals surface area contributed by atoms with Gasteiger partial charge in [-0.3, -0.25) is 19.3 Å². The van der Waals surface area contributed by atoms with Crippen molar-refractivity contribution in [3.63, 3.8) is 0 Å². The molecule has 1 aliphatic rings. The van der Waals surface area contributed by atoms with E-state index >= 15 is 0 Å². The first-order valence-electron chi connectivity index (χ1n) is 8.54. The molecule has 7 nitrogen and oxygen atoms in total. The number of benzene rings is 2. The first kappa shape index (κ1) is 22.0. The lowest BCUT2D eigenvalue weighted by molar-refractivity contribution is -0.127. The van der Waals surface area contributed by atoms with Gasteiger partial charge in [-0.1, -0.05) is 23.2 Å². The molecule has 2 aromatic rings. The number of nitrogens with one attached hydrogen (secondary N) is 1. The smallest absolute Gasteiger partial charge is 0.294 e. The quantitative estimate of drug-likeness (QED) is 0.621. The molecule has 0 atom stereocenters. The minimum absolute atomic E-state index is 0.162. The Kier molecular flexibility index (Phi) is 6.91. The molecular weight excluding hydrogens is 451 g/mol. The highest BCUT2D eigenvalue weighted by Crippen LogP contribution is 2.37. The minimum atomic E-state index is -0.571. The summed E-state index contributed by atoms with van der Waals surface area (Å²) in [5, 5.41) is 2.64. The normalized spacial score (nSPS) is 14.9. The minimum Gasteiger partial charge on any atom is -0.497 e. The Morgan fingerprint density at radius 3 is 2.30 bits per heavy atom. The lowest BCUT2D eigenvalue weighted by Crippen LogP contribution is -2.36. The number of nitrogens with zero attached hydrogens (tertiary/aromatic N) is 1. The van der Waals surface area contributed by atoms with Crippen LogP contribution in [-0.2, 0) is 9.59 Å². The molecule has 0 aliphatic carbocycles.